The molecule has 6 nitrogen and oxygen atoms in total. The van der Waals surface area contributed by atoms with Gasteiger partial charge in [-0.15, -0.1) is 0 Å². The van der Waals surface area contributed by atoms with Crippen molar-refractivity contribution in [2.24, 2.45) is 0 Å². The molecule has 0 saturated carbocycles. The molecule has 0 spiro atoms. The number of hydrogen-bond acceptors (Lipinski definition) is 5. The fourth-order valence-corrected chi connectivity index (χ4v) is 3.19. The van der Waals surface area contributed by atoms with Crippen LogP contribution in [0.2, 0.25) is 0 Å². The first-order chi connectivity index (χ1) is 13.5. The van der Waals surface area contributed by atoms with Gasteiger partial charge in [0.1, 0.15) is 5.75 Å². The van der Waals surface area contributed by atoms with Crippen molar-refractivity contribution in [2.45, 2.75) is 19.3 Å². The molecule has 1 saturated heterocycles. The maximum absolute atomic E-state index is 13.5. The van der Waals surface area contributed by atoms with Crippen molar-refractivity contribution in [2.75, 3.05) is 18.1 Å². The number of anilines is 1. The molecular weight excluding hydrogens is 368 g/mol. The van der Waals surface area contributed by atoms with Gasteiger partial charge < -0.3 is 14.2 Å². The van der Waals surface area contributed by atoms with Gasteiger partial charge in [0.25, 0.3) is 0 Å². The van der Waals surface area contributed by atoms with Crippen LogP contribution in [-0.2, 0) is 4.79 Å². The molecule has 1 aliphatic heterocycles. The molecule has 3 aromatic rings. The maximum atomic E-state index is 13.5. The van der Waals surface area contributed by atoms with Gasteiger partial charge in [-0.2, -0.15) is 4.98 Å². The van der Waals surface area contributed by atoms with Gasteiger partial charge in [0.05, 0.1) is 12.5 Å². The van der Waals surface area contributed by atoms with E-state index in [1.807, 2.05) is 31.2 Å². The molecule has 1 atom stereocenters. The summed E-state index contributed by atoms with van der Waals surface area (Å²) in [6.45, 7) is 2.70. The number of rotatable bonds is 5. The summed E-state index contributed by atoms with van der Waals surface area (Å²) in [5.41, 5.74) is 1.04. The van der Waals surface area contributed by atoms with E-state index in [9.17, 15) is 13.6 Å². The first kappa shape index (κ1) is 18.1. The lowest BCUT2D eigenvalue weighted by Crippen LogP contribution is -2.24. The van der Waals surface area contributed by atoms with Gasteiger partial charge >= 0.3 is 0 Å². The van der Waals surface area contributed by atoms with E-state index < -0.39 is 11.6 Å². The number of carbonyl (C=O) groups is 1. The second-order valence-electron chi connectivity index (χ2n) is 6.42. The molecule has 1 amide bonds. The summed E-state index contributed by atoms with van der Waals surface area (Å²) in [6, 6.07) is 10.7. The Bertz CT molecular complexity index is 1020. The van der Waals surface area contributed by atoms with Crippen LogP contribution in [0.5, 0.6) is 5.75 Å². The van der Waals surface area contributed by atoms with Crippen molar-refractivity contribution < 1.29 is 22.8 Å². The Morgan fingerprint density at radius 3 is 2.86 bits per heavy atom. The molecule has 28 heavy (non-hydrogen) atoms. The normalized spacial score (nSPS) is 16.6. The van der Waals surface area contributed by atoms with E-state index in [4.69, 9.17) is 9.26 Å². The molecule has 2 heterocycles. The lowest BCUT2D eigenvalue weighted by molar-refractivity contribution is -0.117. The molecule has 1 fully saturated rings. The third kappa shape index (κ3) is 3.45. The Morgan fingerprint density at radius 2 is 2.07 bits per heavy atom. The molecule has 0 bridgehead atoms. The zero-order valence-electron chi connectivity index (χ0n) is 15.1. The van der Waals surface area contributed by atoms with Crippen LogP contribution in [0.1, 0.15) is 25.2 Å². The summed E-state index contributed by atoms with van der Waals surface area (Å²) >= 11 is 0. The van der Waals surface area contributed by atoms with E-state index in [2.05, 4.69) is 10.1 Å². The highest BCUT2D eigenvalue weighted by molar-refractivity contribution is 5.96. The topological polar surface area (TPSA) is 68.5 Å². The molecule has 1 aromatic heterocycles. The second-order valence-corrected chi connectivity index (χ2v) is 6.42. The van der Waals surface area contributed by atoms with E-state index in [-0.39, 0.29) is 24.8 Å². The molecule has 4 rings (SSSR count). The van der Waals surface area contributed by atoms with Crippen LogP contribution in [0.25, 0.3) is 11.4 Å². The zero-order chi connectivity index (χ0) is 19.7. The van der Waals surface area contributed by atoms with Crippen LogP contribution in [0.15, 0.2) is 47.0 Å². The van der Waals surface area contributed by atoms with Crippen LogP contribution in [-0.4, -0.2) is 29.2 Å². The number of benzene rings is 2. The van der Waals surface area contributed by atoms with Gasteiger partial charge in [-0.3, -0.25) is 4.79 Å². The number of ether oxygens (including phenoxy) is 1. The number of amides is 1. The molecule has 144 valence electrons. The smallest absolute Gasteiger partial charge is 0.232 e. The second kappa shape index (κ2) is 7.38. The highest BCUT2D eigenvalue weighted by Crippen LogP contribution is 2.32. The molecule has 0 aliphatic carbocycles. The van der Waals surface area contributed by atoms with Crippen molar-refractivity contribution in [3.8, 4) is 17.1 Å². The monoisotopic (exact) mass is 385 g/mol. The first-order valence-electron chi connectivity index (χ1n) is 8.87. The summed E-state index contributed by atoms with van der Waals surface area (Å²) in [5.74, 6) is -1.06. The van der Waals surface area contributed by atoms with Crippen LogP contribution in [0.4, 0.5) is 14.5 Å². The highest BCUT2D eigenvalue weighted by atomic mass is 19.2. The standard InChI is InChI=1S/C20H17F2N3O3/c1-2-27-15-5-3-4-12(8-15)19-23-20(28-24-19)13-9-18(26)25(11-13)14-6-7-16(21)17(22)10-14/h3-8,10,13H,2,9,11H2,1H3. The Hall–Kier alpha value is -3.29. The Balaban J connectivity index is 1.54. The number of hydrogen-bond donors (Lipinski definition) is 0. The summed E-state index contributed by atoms with van der Waals surface area (Å²) in [6.07, 6.45) is 0.152. The number of nitrogens with zero attached hydrogens (tertiary/aromatic N) is 3. The van der Waals surface area contributed by atoms with Gasteiger partial charge in [0.15, 0.2) is 11.6 Å². The lowest BCUT2D eigenvalue weighted by atomic mass is 10.1. The van der Waals surface area contributed by atoms with Gasteiger partial charge in [-0.1, -0.05) is 17.3 Å². The maximum Gasteiger partial charge on any atom is 0.232 e. The van der Waals surface area contributed by atoms with Crippen LogP contribution >= 0.6 is 0 Å². The number of aromatic nitrogens is 2. The van der Waals surface area contributed by atoms with E-state index in [0.29, 0.717) is 29.8 Å². The van der Waals surface area contributed by atoms with Crippen LogP contribution < -0.4 is 9.64 Å². The van der Waals surface area contributed by atoms with Crippen LogP contribution in [0.3, 0.4) is 0 Å². The van der Waals surface area contributed by atoms with Crippen molar-refractivity contribution >= 4 is 11.6 Å². The molecule has 0 N–H and O–H groups in total. The van der Waals surface area contributed by atoms with E-state index in [1.54, 1.807) is 0 Å². The van der Waals surface area contributed by atoms with Gasteiger partial charge in [-0.25, -0.2) is 8.78 Å². The Kier molecular flexibility index (Phi) is 4.77. The molecular formula is C20H17F2N3O3. The quantitative estimate of drug-likeness (QED) is 0.666. The predicted octanol–water partition coefficient (Wildman–Crippen LogP) is 3.93. The molecule has 2 aromatic carbocycles. The van der Waals surface area contributed by atoms with E-state index in [1.165, 1.54) is 11.0 Å². The number of carbonyl (C=O) groups excluding carboxylic acids is 1. The molecule has 1 unspecified atom stereocenters. The SMILES string of the molecule is CCOc1cccc(-c2noc(C3CC(=O)N(c4ccc(F)c(F)c4)C3)n2)c1. The minimum Gasteiger partial charge on any atom is -0.494 e. The fraction of sp³-hybridized carbons (Fsp3) is 0.250. The first-order valence-corrected chi connectivity index (χ1v) is 8.87. The average molecular weight is 385 g/mol. The third-order valence-electron chi connectivity index (χ3n) is 4.53. The van der Waals surface area contributed by atoms with E-state index >= 15 is 0 Å². The van der Waals surface area contributed by atoms with Gasteiger partial charge in [0.2, 0.25) is 17.6 Å². The summed E-state index contributed by atoms with van der Waals surface area (Å²) < 4.78 is 37.5. The fourth-order valence-electron chi connectivity index (χ4n) is 3.19. The highest BCUT2D eigenvalue weighted by Gasteiger charge is 2.35. The largest absolute Gasteiger partial charge is 0.494 e. The minimum absolute atomic E-state index is 0.152. The predicted molar refractivity (Wildman–Crippen MR) is 97.0 cm³/mol. The molecule has 1 aliphatic rings. The van der Waals surface area contributed by atoms with Crippen molar-refractivity contribution in [3.63, 3.8) is 0 Å². The molecule has 0 radical (unpaired) electrons. The summed E-state index contributed by atoms with van der Waals surface area (Å²) in [4.78, 5) is 18.2. The van der Waals surface area contributed by atoms with Gasteiger partial charge in [0, 0.05) is 30.3 Å². The van der Waals surface area contributed by atoms with Gasteiger partial charge in [-0.05, 0) is 31.2 Å². The van der Waals surface area contributed by atoms with Crippen molar-refractivity contribution in [1.29, 1.82) is 0 Å². The molecule has 8 heteroatoms. The zero-order valence-corrected chi connectivity index (χ0v) is 15.1. The summed E-state index contributed by atoms with van der Waals surface area (Å²) in [7, 11) is 0. The third-order valence-corrected chi connectivity index (χ3v) is 4.53. The number of halogens is 2. The Morgan fingerprint density at radius 1 is 1.21 bits per heavy atom. The van der Waals surface area contributed by atoms with E-state index in [0.717, 1.165) is 17.7 Å². The average Bonchev–Trinajstić information content (AvgIpc) is 3.32. The lowest BCUT2D eigenvalue weighted by Gasteiger charge is -2.16. The van der Waals surface area contributed by atoms with Crippen LogP contribution in [0, 0.1) is 11.6 Å². The van der Waals surface area contributed by atoms with Crippen molar-refractivity contribution in [1.82, 2.24) is 10.1 Å². The Labute approximate surface area is 159 Å². The van der Waals surface area contributed by atoms with Crippen molar-refractivity contribution in [3.05, 3.63) is 60.0 Å². The summed E-state index contributed by atoms with van der Waals surface area (Å²) in [5, 5.41) is 4.00. The minimum atomic E-state index is -0.997.